The van der Waals surface area contributed by atoms with Gasteiger partial charge in [0.05, 0.1) is 0 Å². The van der Waals surface area contributed by atoms with E-state index in [4.69, 9.17) is 46.3 Å². The van der Waals surface area contributed by atoms with Crippen molar-refractivity contribution < 1.29 is 9.59 Å². The van der Waals surface area contributed by atoms with Gasteiger partial charge in [0, 0.05) is 14.1 Å². The van der Waals surface area contributed by atoms with Crippen molar-refractivity contribution in [2.45, 2.75) is 75.5 Å². The van der Waals surface area contributed by atoms with Crippen molar-refractivity contribution >= 4 is 46.7 Å². The molecule has 0 atom stereocenters. The van der Waals surface area contributed by atoms with Crippen molar-refractivity contribution in [3.63, 3.8) is 0 Å². The third-order valence-corrected chi connectivity index (χ3v) is 6.82. The molecule has 0 spiro atoms. The van der Waals surface area contributed by atoms with E-state index in [9.17, 15) is 9.59 Å². The van der Waals surface area contributed by atoms with Crippen molar-refractivity contribution in [3.05, 3.63) is 0 Å². The molecular formula is C18H34N10O2S2. The number of nitrogens with zero attached hydrogens (tertiary/aromatic N) is 4. The Balaban J connectivity index is 2.59. The second kappa shape index (κ2) is 11.6. The number of hydrogen-bond acceptors (Lipinski definition) is 8. The first kappa shape index (κ1) is 26.1. The fourth-order valence-electron chi connectivity index (χ4n) is 4.45. The average Bonchev–Trinajstić information content (AvgIpc) is 2.83. The van der Waals surface area contributed by atoms with Crippen LogP contribution in [0.1, 0.15) is 64.2 Å². The molecule has 2 aliphatic carbocycles. The van der Waals surface area contributed by atoms with Crippen LogP contribution in [-0.2, 0) is 0 Å². The summed E-state index contributed by atoms with van der Waals surface area (Å²) in [5.41, 5.74) is 2.27. The summed E-state index contributed by atoms with van der Waals surface area (Å²) >= 11 is 10.8. The maximum atomic E-state index is 12.7. The van der Waals surface area contributed by atoms with Gasteiger partial charge in [0.2, 0.25) is 0 Å². The predicted molar refractivity (Wildman–Crippen MR) is 129 cm³/mol. The van der Waals surface area contributed by atoms with E-state index >= 15 is 0 Å². The van der Waals surface area contributed by atoms with E-state index in [1.165, 1.54) is 9.80 Å². The fourth-order valence-corrected chi connectivity index (χ4v) is 4.96. The minimum absolute atomic E-state index is 0.189. The maximum absolute atomic E-state index is 12.7. The van der Waals surface area contributed by atoms with Crippen LogP contribution in [0.15, 0.2) is 10.2 Å². The second-order valence-electron chi connectivity index (χ2n) is 7.97. The first-order valence-corrected chi connectivity index (χ1v) is 11.6. The number of nitrogens with two attached hydrogens (primary N) is 2. The highest BCUT2D eigenvalue weighted by Crippen LogP contribution is 2.40. The van der Waals surface area contributed by atoms with Crippen LogP contribution in [0.5, 0.6) is 0 Å². The number of azo groups is 1. The van der Waals surface area contributed by atoms with Crippen molar-refractivity contribution in [3.8, 4) is 0 Å². The smallest absolute Gasteiger partial charge is 0.339 e. The van der Waals surface area contributed by atoms with Crippen LogP contribution in [0.3, 0.4) is 0 Å². The van der Waals surface area contributed by atoms with Gasteiger partial charge in [-0.2, -0.15) is 10.2 Å². The van der Waals surface area contributed by atoms with Gasteiger partial charge in [0.1, 0.15) is 0 Å². The lowest BCUT2D eigenvalue weighted by molar-refractivity contribution is 0.0970. The number of hydrazine groups is 2. The zero-order valence-electron chi connectivity index (χ0n) is 18.6. The van der Waals surface area contributed by atoms with E-state index < -0.39 is 23.4 Å². The molecule has 0 bridgehead atoms. The molecule has 2 saturated carbocycles. The van der Waals surface area contributed by atoms with Gasteiger partial charge >= 0.3 is 12.1 Å². The molecular weight excluding hydrogens is 452 g/mol. The van der Waals surface area contributed by atoms with Gasteiger partial charge in [-0.3, -0.25) is 10.9 Å². The van der Waals surface area contributed by atoms with Crippen LogP contribution in [-0.4, -0.2) is 57.5 Å². The van der Waals surface area contributed by atoms with Crippen molar-refractivity contribution in [1.29, 1.82) is 0 Å². The van der Waals surface area contributed by atoms with Gasteiger partial charge < -0.3 is 10.6 Å². The van der Waals surface area contributed by atoms with Gasteiger partial charge in [-0.05, 0) is 75.8 Å². The third-order valence-electron chi connectivity index (χ3n) is 6.05. The van der Waals surface area contributed by atoms with Crippen molar-refractivity contribution in [2.75, 3.05) is 14.1 Å². The predicted octanol–water partition coefficient (Wildman–Crippen LogP) is 1.54. The molecule has 32 heavy (non-hydrogen) atoms. The first-order valence-electron chi connectivity index (χ1n) is 10.8. The van der Waals surface area contributed by atoms with E-state index in [0.717, 1.165) is 38.5 Å². The number of rotatable bonds is 4. The van der Waals surface area contributed by atoms with Crippen LogP contribution in [0.25, 0.3) is 0 Å². The summed E-state index contributed by atoms with van der Waals surface area (Å²) in [6.45, 7) is 0. The minimum atomic E-state index is -1.03. The molecule has 4 amide bonds. The van der Waals surface area contributed by atoms with E-state index in [1.807, 2.05) is 0 Å². The van der Waals surface area contributed by atoms with Gasteiger partial charge in [0.15, 0.2) is 21.6 Å². The number of urea groups is 2. The zero-order chi connectivity index (χ0) is 23.8. The lowest BCUT2D eigenvalue weighted by atomic mass is 9.87. The standard InChI is InChI=1S/C18H34N10O2S2/c1-21-15(31)27(13(29)23-19)17(9-5-3-6-10-17)25-26-18(11-7-4-8-12-18)28(14(30)24-20)16(32)22-2/h3-12,19-20H2,1-2H3,(H,21,31)(H,22,32)(H,23,29)(H,24,30)/b26-25+. The zero-order valence-corrected chi connectivity index (χ0v) is 20.3. The third kappa shape index (κ3) is 5.42. The summed E-state index contributed by atoms with van der Waals surface area (Å²) in [5.74, 6) is 10.9. The van der Waals surface area contributed by atoms with E-state index in [-0.39, 0.29) is 10.2 Å². The molecule has 2 fully saturated rings. The largest absolute Gasteiger partial charge is 0.365 e. The van der Waals surface area contributed by atoms with Crippen LogP contribution < -0.4 is 33.2 Å². The summed E-state index contributed by atoms with van der Waals surface area (Å²) in [6, 6.07) is -1.16. The van der Waals surface area contributed by atoms with Gasteiger partial charge in [-0.25, -0.2) is 31.1 Å². The summed E-state index contributed by atoms with van der Waals surface area (Å²) in [5, 5.41) is 15.6. The van der Waals surface area contributed by atoms with E-state index in [2.05, 4.69) is 21.5 Å². The van der Waals surface area contributed by atoms with Crippen LogP contribution in [0.4, 0.5) is 9.59 Å². The molecule has 0 aromatic carbocycles. The number of nitrogens with one attached hydrogen (secondary N) is 4. The summed E-state index contributed by atoms with van der Waals surface area (Å²) in [4.78, 5) is 28.2. The number of hydrogen-bond donors (Lipinski definition) is 6. The van der Waals surface area contributed by atoms with Crippen LogP contribution in [0.2, 0.25) is 0 Å². The highest BCUT2D eigenvalue weighted by atomic mass is 32.1. The normalized spacial score (nSPS) is 19.5. The molecule has 2 aliphatic rings. The Bertz CT molecular complexity index is 643. The Morgan fingerprint density at radius 1 is 0.719 bits per heavy atom. The molecule has 2 rings (SSSR count). The molecule has 0 radical (unpaired) electrons. The molecule has 14 heteroatoms. The number of thiocarbonyl (C=S) groups is 2. The maximum Gasteiger partial charge on any atom is 0.339 e. The summed E-state index contributed by atoms with van der Waals surface area (Å²) in [6.07, 6.45) is 7.62. The first-order chi connectivity index (χ1) is 15.3. The van der Waals surface area contributed by atoms with Gasteiger partial charge in [-0.15, -0.1) is 0 Å². The molecule has 0 aromatic rings. The monoisotopic (exact) mass is 486 g/mol. The summed E-state index contributed by atoms with van der Waals surface area (Å²) in [7, 11) is 3.27. The molecule has 180 valence electrons. The summed E-state index contributed by atoms with van der Waals surface area (Å²) < 4.78 is 0. The van der Waals surface area contributed by atoms with Gasteiger partial charge in [-0.1, -0.05) is 12.8 Å². The van der Waals surface area contributed by atoms with Crippen LogP contribution >= 0.6 is 24.4 Å². The Hall–Kier alpha value is -2.16. The lowest BCUT2D eigenvalue weighted by Gasteiger charge is -2.45. The second-order valence-corrected chi connectivity index (χ2v) is 8.74. The SMILES string of the molecule is CNC(=S)N(C(=O)NN)C1(/N=N/C2(N(C(=O)NN)C(=S)NC)CCCCC2)CCCCC1. The van der Waals surface area contributed by atoms with Crippen molar-refractivity contribution in [2.24, 2.45) is 21.9 Å². The number of carbonyl (C=O) groups excluding carboxylic acids is 2. The molecule has 12 nitrogen and oxygen atoms in total. The number of amides is 4. The van der Waals surface area contributed by atoms with Crippen molar-refractivity contribution in [1.82, 2.24) is 31.3 Å². The van der Waals surface area contributed by atoms with E-state index in [1.54, 1.807) is 14.1 Å². The molecule has 8 N–H and O–H groups in total. The Labute approximate surface area is 199 Å². The molecule has 0 aromatic heterocycles. The minimum Gasteiger partial charge on any atom is -0.365 e. The van der Waals surface area contributed by atoms with Crippen LogP contribution in [0, 0.1) is 0 Å². The van der Waals surface area contributed by atoms with E-state index in [0.29, 0.717) is 25.7 Å². The number of carbonyl (C=O) groups is 2. The Morgan fingerprint density at radius 3 is 1.28 bits per heavy atom. The molecule has 0 aliphatic heterocycles. The molecule has 0 unspecified atom stereocenters. The highest BCUT2D eigenvalue weighted by molar-refractivity contribution is 7.80. The average molecular weight is 487 g/mol. The highest BCUT2D eigenvalue weighted by Gasteiger charge is 2.47. The molecule has 0 saturated heterocycles. The quantitative estimate of drug-likeness (QED) is 0.114. The Kier molecular flexibility index (Phi) is 9.48. The Morgan fingerprint density at radius 2 is 1.03 bits per heavy atom. The topological polar surface area (TPSA) is 166 Å². The van der Waals surface area contributed by atoms with Gasteiger partial charge in [0.25, 0.3) is 0 Å². The molecule has 0 heterocycles. The lowest BCUT2D eigenvalue weighted by Crippen LogP contribution is -2.62. The fraction of sp³-hybridized carbons (Fsp3) is 0.778.